The lowest BCUT2D eigenvalue weighted by Gasteiger charge is -2.03. The van der Waals surface area contributed by atoms with Gasteiger partial charge < -0.3 is 0 Å². The van der Waals surface area contributed by atoms with Crippen LogP contribution in [0.3, 0.4) is 0 Å². The normalized spacial score (nSPS) is 11.6. The number of carbonyl (C=O) groups excluding carboxylic acids is 1. The van der Waals surface area contributed by atoms with Crippen molar-refractivity contribution in [1.82, 2.24) is 5.43 Å². The second kappa shape index (κ2) is 6.00. The van der Waals surface area contributed by atoms with Crippen LogP contribution in [-0.2, 0) is 11.3 Å². The van der Waals surface area contributed by atoms with Gasteiger partial charge in [-0.25, -0.2) is 5.43 Å². The Hall–Kier alpha value is -1.71. The molecule has 1 rings (SSSR count). The maximum atomic E-state index is 11.5. The monoisotopic (exact) mass is 220 g/mol. The lowest BCUT2D eigenvalue weighted by Crippen LogP contribution is -2.41. The minimum absolute atomic E-state index is 0.115. The molecule has 1 aromatic heterocycles. The fourth-order valence-electron chi connectivity index (χ4n) is 1.02. The van der Waals surface area contributed by atoms with Crippen molar-refractivity contribution in [2.24, 2.45) is 11.0 Å². The van der Waals surface area contributed by atoms with Gasteiger partial charge in [0.05, 0.1) is 0 Å². The predicted molar refractivity (Wildman–Crippen MR) is 62.7 cm³/mol. The van der Waals surface area contributed by atoms with Crippen LogP contribution in [0.25, 0.3) is 0 Å². The fraction of sp³-hybridized carbons (Fsp3) is 0.417. The van der Waals surface area contributed by atoms with E-state index in [0.29, 0.717) is 5.92 Å². The van der Waals surface area contributed by atoms with Crippen LogP contribution >= 0.6 is 0 Å². The lowest BCUT2D eigenvalue weighted by molar-refractivity contribution is -0.684. The second-order valence-electron chi connectivity index (χ2n) is 3.99. The number of nitrogens with zero attached hydrogens (tertiary/aromatic N) is 2. The standard InChI is InChI=1S/C12H17N3O/c1-10(2)11(3)13-14-12(16)9-15-7-5-4-6-8-15/h4-8,10H,9H2,1-3H3/p+1/b13-11-. The number of amides is 1. The summed E-state index contributed by atoms with van der Waals surface area (Å²) in [7, 11) is 0. The molecular weight excluding hydrogens is 202 g/mol. The first-order valence-electron chi connectivity index (χ1n) is 5.36. The van der Waals surface area contributed by atoms with Crippen molar-refractivity contribution >= 4 is 11.6 Å². The summed E-state index contributed by atoms with van der Waals surface area (Å²) < 4.78 is 1.80. The highest BCUT2D eigenvalue weighted by Crippen LogP contribution is 1.94. The zero-order valence-electron chi connectivity index (χ0n) is 9.97. The number of rotatable bonds is 4. The third-order valence-corrected chi connectivity index (χ3v) is 2.30. The quantitative estimate of drug-likeness (QED) is 0.461. The van der Waals surface area contributed by atoms with Crippen LogP contribution in [0.2, 0.25) is 0 Å². The van der Waals surface area contributed by atoms with Crippen LogP contribution in [0, 0.1) is 5.92 Å². The minimum Gasteiger partial charge on any atom is -0.266 e. The van der Waals surface area contributed by atoms with E-state index in [1.807, 2.05) is 51.4 Å². The Morgan fingerprint density at radius 3 is 2.50 bits per heavy atom. The highest BCUT2D eigenvalue weighted by molar-refractivity contribution is 5.85. The summed E-state index contributed by atoms with van der Waals surface area (Å²) in [6.07, 6.45) is 3.69. The average Bonchev–Trinajstić information content (AvgIpc) is 2.27. The van der Waals surface area contributed by atoms with Gasteiger partial charge in [0.15, 0.2) is 12.4 Å². The largest absolute Gasteiger partial charge is 0.305 e. The number of hydrazone groups is 1. The molecular formula is C12H18N3O+. The molecule has 1 heterocycles. The van der Waals surface area contributed by atoms with E-state index in [0.717, 1.165) is 5.71 Å². The number of pyridine rings is 1. The molecule has 16 heavy (non-hydrogen) atoms. The summed E-state index contributed by atoms with van der Waals surface area (Å²) in [5.74, 6) is 0.237. The molecule has 0 unspecified atom stereocenters. The van der Waals surface area contributed by atoms with Crippen molar-refractivity contribution < 1.29 is 9.36 Å². The molecule has 4 heteroatoms. The highest BCUT2D eigenvalue weighted by Gasteiger charge is 2.07. The molecule has 0 atom stereocenters. The molecule has 1 aromatic rings. The molecule has 0 saturated heterocycles. The molecule has 0 fully saturated rings. The Bertz CT molecular complexity index is 371. The number of nitrogens with one attached hydrogen (secondary N) is 1. The molecule has 1 amide bonds. The Balaban J connectivity index is 2.46. The molecule has 0 radical (unpaired) electrons. The van der Waals surface area contributed by atoms with Gasteiger partial charge in [-0.3, -0.25) is 4.79 Å². The molecule has 86 valence electrons. The van der Waals surface area contributed by atoms with E-state index >= 15 is 0 Å². The fourth-order valence-corrected chi connectivity index (χ4v) is 1.02. The Kier molecular flexibility index (Phi) is 4.64. The van der Waals surface area contributed by atoms with Crippen molar-refractivity contribution in [3.63, 3.8) is 0 Å². The summed E-state index contributed by atoms with van der Waals surface area (Å²) >= 11 is 0. The van der Waals surface area contributed by atoms with Gasteiger partial charge in [0, 0.05) is 17.8 Å². The maximum Gasteiger partial charge on any atom is 0.305 e. The van der Waals surface area contributed by atoms with E-state index in [1.165, 1.54) is 0 Å². The van der Waals surface area contributed by atoms with Gasteiger partial charge in [0.1, 0.15) is 0 Å². The van der Waals surface area contributed by atoms with Gasteiger partial charge in [-0.1, -0.05) is 19.9 Å². The second-order valence-corrected chi connectivity index (χ2v) is 3.99. The number of hydrogen-bond acceptors (Lipinski definition) is 2. The van der Waals surface area contributed by atoms with Crippen molar-refractivity contribution in [3.8, 4) is 0 Å². The van der Waals surface area contributed by atoms with Crippen LogP contribution < -0.4 is 9.99 Å². The van der Waals surface area contributed by atoms with Gasteiger partial charge in [0.2, 0.25) is 6.54 Å². The molecule has 1 N–H and O–H groups in total. The zero-order valence-corrected chi connectivity index (χ0v) is 9.97. The van der Waals surface area contributed by atoms with E-state index < -0.39 is 0 Å². The summed E-state index contributed by atoms with van der Waals surface area (Å²) in [5.41, 5.74) is 3.46. The van der Waals surface area contributed by atoms with Gasteiger partial charge in [-0.05, 0) is 12.8 Å². The Morgan fingerprint density at radius 2 is 1.94 bits per heavy atom. The summed E-state index contributed by atoms with van der Waals surface area (Å²) in [6, 6.07) is 5.68. The lowest BCUT2D eigenvalue weighted by atomic mass is 10.1. The van der Waals surface area contributed by atoms with Crippen molar-refractivity contribution in [3.05, 3.63) is 30.6 Å². The topological polar surface area (TPSA) is 45.3 Å². The molecule has 0 aliphatic carbocycles. The predicted octanol–water partition coefficient (Wildman–Crippen LogP) is 1.12. The third-order valence-electron chi connectivity index (χ3n) is 2.30. The van der Waals surface area contributed by atoms with E-state index in [2.05, 4.69) is 10.5 Å². The van der Waals surface area contributed by atoms with E-state index in [-0.39, 0.29) is 12.5 Å². The molecule has 0 bridgehead atoms. The molecule has 0 aliphatic heterocycles. The van der Waals surface area contributed by atoms with Gasteiger partial charge in [-0.2, -0.15) is 9.67 Å². The van der Waals surface area contributed by atoms with E-state index in [4.69, 9.17) is 0 Å². The Labute approximate surface area is 96.0 Å². The molecule has 0 aliphatic rings. The summed E-state index contributed by atoms with van der Waals surface area (Å²) in [4.78, 5) is 11.5. The van der Waals surface area contributed by atoms with Gasteiger partial charge >= 0.3 is 5.91 Å². The minimum atomic E-state index is -0.115. The molecule has 0 aromatic carbocycles. The SMILES string of the molecule is C/C(=N/NC(=O)C[n+]1ccccc1)C(C)C. The highest BCUT2D eigenvalue weighted by atomic mass is 16.2. The van der Waals surface area contributed by atoms with Gasteiger partial charge in [-0.15, -0.1) is 0 Å². The maximum absolute atomic E-state index is 11.5. The van der Waals surface area contributed by atoms with E-state index in [1.54, 1.807) is 4.57 Å². The number of carbonyl (C=O) groups is 1. The van der Waals surface area contributed by atoms with Crippen LogP contribution in [0.15, 0.2) is 35.7 Å². The zero-order chi connectivity index (χ0) is 12.0. The van der Waals surface area contributed by atoms with Crippen molar-refractivity contribution in [2.75, 3.05) is 0 Å². The van der Waals surface area contributed by atoms with Crippen molar-refractivity contribution in [2.45, 2.75) is 27.3 Å². The summed E-state index contributed by atoms with van der Waals surface area (Å²) in [6.45, 7) is 6.27. The van der Waals surface area contributed by atoms with Gasteiger partial charge in [0.25, 0.3) is 0 Å². The van der Waals surface area contributed by atoms with Crippen LogP contribution in [0.4, 0.5) is 0 Å². The third kappa shape index (κ3) is 4.21. The first kappa shape index (κ1) is 12.4. The molecule has 0 saturated carbocycles. The number of aromatic nitrogens is 1. The van der Waals surface area contributed by atoms with Crippen LogP contribution in [0.5, 0.6) is 0 Å². The smallest absolute Gasteiger partial charge is 0.266 e. The van der Waals surface area contributed by atoms with E-state index in [9.17, 15) is 4.79 Å². The number of hydrogen-bond donors (Lipinski definition) is 1. The Morgan fingerprint density at radius 1 is 1.31 bits per heavy atom. The molecule has 0 spiro atoms. The van der Waals surface area contributed by atoms with Crippen molar-refractivity contribution in [1.29, 1.82) is 0 Å². The van der Waals surface area contributed by atoms with Crippen LogP contribution in [-0.4, -0.2) is 11.6 Å². The first-order valence-corrected chi connectivity index (χ1v) is 5.36. The summed E-state index contributed by atoms with van der Waals surface area (Å²) in [5, 5.41) is 4.02. The average molecular weight is 220 g/mol. The van der Waals surface area contributed by atoms with Crippen LogP contribution in [0.1, 0.15) is 20.8 Å². The first-order chi connectivity index (χ1) is 7.59. The molecule has 4 nitrogen and oxygen atoms in total.